The molecule has 3 fully saturated rings. The van der Waals surface area contributed by atoms with Crippen molar-refractivity contribution in [2.75, 3.05) is 0 Å². The molecule has 0 spiro atoms. The number of allylic oxidation sites excluding steroid dienone is 1. The Labute approximate surface area is 180 Å². The second-order valence-corrected chi connectivity index (χ2v) is 11.4. The second-order valence-electron chi connectivity index (χ2n) is 11.4. The van der Waals surface area contributed by atoms with Crippen LogP contribution in [0.2, 0.25) is 0 Å². The van der Waals surface area contributed by atoms with Gasteiger partial charge in [0.25, 0.3) is 0 Å². The Morgan fingerprint density at radius 1 is 1.07 bits per heavy atom. The standard InChI is InChI=1S/C27H36N2O/c1-26-11-9-19(30)14-18(26)4-6-21-23-8-7-22(27(23,2)12-10-24(21)26)16-3-5-20-17(13-16)15-29-25(20)28/h3-5,13,19,21-24,30H,6-12,14-15H2,1-2H3,(H2,28,29)/t19-,21+,22-,23+,24+,26+,27-/m1/s1. The minimum absolute atomic E-state index is 0.108. The summed E-state index contributed by atoms with van der Waals surface area (Å²) >= 11 is 0. The zero-order chi connectivity index (χ0) is 20.7. The molecular weight excluding hydrogens is 368 g/mol. The number of rotatable bonds is 1. The molecule has 0 unspecified atom stereocenters. The van der Waals surface area contributed by atoms with Gasteiger partial charge >= 0.3 is 0 Å². The molecule has 0 aromatic heterocycles. The van der Waals surface area contributed by atoms with Gasteiger partial charge in [-0.15, -0.1) is 0 Å². The molecule has 1 heterocycles. The lowest BCUT2D eigenvalue weighted by molar-refractivity contribution is -0.0409. The Morgan fingerprint density at radius 3 is 2.80 bits per heavy atom. The van der Waals surface area contributed by atoms with Crippen molar-refractivity contribution in [2.45, 2.75) is 83.8 Å². The maximum absolute atomic E-state index is 10.2. The highest BCUT2D eigenvalue weighted by Crippen LogP contribution is 2.68. The molecule has 4 aliphatic carbocycles. The van der Waals surface area contributed by atoms with Crippen LogP contribution in [-0.4, -0.2) is 17.0 Å². The van der Waals surface area contributed by atoms with Crippen LogP contribution in [0, 0.1) is 28.6 Å². The Hall–Kier alpha value is -1.61. The molecule has 6 rings (SSSR count). The van der Waals surface area contributed by atoms with Gasteiger partial charge in [-0.05, 0) is 97.0 Å². The Balaban J connectivity index is 1.31. The van der Waals surface area contributed by atoms with Crippen LogP contribution in [0.3, 0.4) is 0 Å². The fraction of sp³-hybridized carbons (Fsp3) is 0.667. The zero-order valence-electron chi connectivity index (χ0n) is 18.5. The molecule has 0 radical (unpaired) electrons. The maximum atomic E-state index is 10.2. The van der Waals surface area contributed by atoms with Gasteiger partial charge in [0, 0.05) is 5.56 Å². The topological polar surface area (TPSA) is 58.6 Å². The summed E-state index contributed by atoms with van der Waals surface area (Å²) in [6.07, 6.45) is 12.2. The van der Waals surface area contributed by atoms with Crippen LogP contribution in [0.4, 0.5) is 0 Å². The van der Waals surface area contributed by atoms with E-state index in [9.17, 15) is 5.11 Å². The van der Waals surface area contributed by atoms with E-state index in [1.165, 1.54) is 49.7 Å². The smallest absolute Gasteiger partial charge is 0.126 e. The van der Waals surface area contributed by atoms with Gasteiger partial charge in [-0.1, -0.05) is 43.7 Å². The first kappa shape index (κ1) is 19.1. The predicted octanol–water partition coefficient (Wildman–Crippen LogP) is 5.31. The molecule has 3 N–H and O–H groups in total. The number of hydrogen-bond donors (Lipinski definition) is 2. The lowest BCUT2D eigenvalue weighted by Gasteiger charge is -2.58. The number of aliphatic hydroxyl groups is 1. The van der Waals surface area contributed by atoms with Crippen molar-refractivity contribution in [2.24, 2.45) is 39.3 Å². The number of nitrogens with two attached hydrogens (primary N) is 1. The van der Waals surface area contributed by atoms with Gasteiger partial charge in [0.1, 0.15) is 5.84 Å². The van der Waals surface area contributed by atoms with E-state index in [1.807, 2.05) is 0 Å². The summed E-state index contributed by atoms with van der Waals surface area (Å²) < 4.78 is 0. The van der Waals surface area contributed by atoms with E-state index in [2.05, 4.69) is 43.1 Å². The molecule has 0 amide bonds. The van der Waals surface area contributed by atoms with Gasteiger partial charge in [0.2, 0.25) is 0 Å². The minimum atomic E-state index is -0.108. The molecule has 3 nitrogen and oxygen atoms in total. The third kappa shape index (κ3) is 2.51. The number of nitrogens with zero attached hydrogens (tertiary/aromatic N) is 1. The lowest BCUT2D eigenvalue weighted by Crippen LogP contribution is -2.50. The van der Waals surface area contributed by atoms with Crippen molar-refractivity contribution < 1.29 is 5.11 Å². The number of aliphatic imine (C=N–C) groups is 1. The highest BCUT2D eigenvalue weighted by Gasteiger charge is 2.58. The Bertz CT molecular complexity index is 948. The van der Waals surface area contributed by atoms with Crippen molar-refractivity contribution in [3.63, 3.8) is 0 Å². The summed E-state index contributed by atoms with van der Waals surface area (Å²) in [5.74, 6) is 3.85. The van der Waals surface area contributed by atoms with E-state index in [1.54, 1.807) is 5.57 Å². The van der Waals surface area contributed by atoms with Gasteiger partial charge in [-0.25, -0.2) is 0 Å². The van der Waals surface area contributed by atoms with Crippen molar-refractivity contribution in [3.05, 3.63) is 46.5 Å². The molecule has 5 aliphatic rings. The van der Waals surface area contributed by atoms with E-state index in [0.717, 1.165) is 42.7 Å². The van der Waals surface area contributed by atoms with Gasteiger partial charge < -0.3 is 10.8 Å². The normalized spacial score (nSPS) is 44.4. The van der Waals surface area contributed by atoms with Gasteiger partial charge in [-0.3, -0.25) is 4.99 Å². The molecule has 1 aromatic carbocycles. The number of fused-ring (bicyclic) bond motifs is 6. The van der Waals surface area contributed by atoms with E-state index in [-0.39, 0.29) is 6.10 Å². The molecule has 1 aliphatic heterocycles. The summed E-state index contributed by atoms with van der Waals surface area (Å²) in [6.45, 7) is 5.89. The van der Waals surface area contributed by atoms with Crippen molar-refractivity contribution in [1.29, 1.82) is 0 Å². The molecule has 0 saturated heterocycles. The molecule has 160 valence electrons. The summed E-state index contributed by atoms with van der Waals surface area (Å²) in [5.41, 5.74) is 12.4. The first-order valence-corrected chi connectivity index (χ1v) is 12.2. The highest BCUT2D eigenvalue weighted by atomic mass is 16.3. The zero-order valence-corrected chi connectivity index (χ0v) is 18.5. The molecule has 1 aromatic rings. The second kappa shape index (κ2) is 6.45. The van der Waals surface area contributed by atoms with E-state index < -0.39 is 0 Å². The van der Waals surface area contributed by atoms with Crippen LogP contribution < -0.4 is 5.73 Å². The molecule has 30 heavy (non-hydrogen) atoms. The fourth-order valence-corrected chi connectivity index (χ4v) is 8.66. The largest absolute Gasteiger partial charge is 0.393 e. The van der Waals surface area contributed by atoms with Crippen LogP contribution in [0.1, 0.15) is 87.8 Å². The number of benzene rings is 1. The number of hydrogen-bond acceptors (Lipinski definition) is 3. The Kier molecular flexibility index (Phi) is 4.11. The number of amidine groups is 1. The molecule has 3 saturated carbocycles. The van der Waals surface area contributed by atoms with E-state index in [4.69, 9.17) is 5.73 Å². The fourth-order valence-electron chi connectivity index (χ4n) is 8.66. The van der Waals surface area contributed by atoms with Crippen LogP contribution in [0.25, 0.3) is 0 Å². The third-order valence-corrected chi connectivity index (χ3v) is 10.3. The Morgan fingerprint density at radius 2 is 1.93 bits per heavy atom. The summed E-state index contributed by atoms with van der Waals surface area (Å²) in [6, 6.07) is 6.99. The van der Waals surface area contributed by atoms with Crippen molar-refractivity contribution in [1.82, 2.24) is 0 Å². The molecule has 3 heteroatoms. The maximum Gasteiger partial charge on any atom is 0.126 e. The van der Waals surface area contributed by atoms with Gasteiger partial charge in [0.05, 0.1) is 12.6 Å². The average Bonchev–Trinajstić information content (AvgIpc) is 3.28. The van der Waals surface area contributed by atoms with Crippen molar-refractivity contribution >= 4 is 5.84 Å². The monoisotopic (exact) mass is 404 g/mol. The molecular formula is C27H36N2O. The quantitative estimate of drug-likeness (QED) is 0.623. The molecule has 0 bridgehead atoms. The SMILES string of the molecule is C[C@]12CC[C@H]3[C@@H](CC=C4C[C@H](O)CC[C@@]43C)[C@@H]1CC[C@@H]2c1ccc2c(c1)CN=C2N. The lowest BCUT2D eigenvalue weighted by atomic mass is 9.47. The highest BCUT2D eigenvalue weighted by molar-refractivity contribution is 6.00. The van der Waals surface area contributed by atoms with Gasteiger partial charge in [-0.2, -0.15) is 0 Å². The summed E-state index contributed by atoms with van der Waals surface area (Å²) in [7, 11) is 0. The van der Waals surface area contributed by atoms with Gasteiger partial charge in [0.15, 0.2) is 0 Å². The number of aliphatic hydroxyl groups excluding tert-OH is 1. The van der Waals surface area contributed by atoms with Crippen LogP contribution in [-0.2, 0) is 6.54 Å². The van der Waals surface area contributed by atoms with E-state index >= 15 is 0 Å². The minimum Gasteiger partial charge on any atom is -0.393 e. The summed E-state index contributed by atoms with van der Waals surface area (Å²) in [5, 5.41) is 10.2. The van der Waals surface area contributed by atoms with Crippen LogP contribution >= 0.6 is 0 Å². The summed E-state index contributed by atoms with van der Waals surface area (Å²) in [4.78, 5) is 4.45. The van der Waals surface area contributed by atoms with Crippen LogP contribution in [0.15, 0.2) is 34.8 Å². The first-order chi connectivity index (χ1) is 14.4. The predicted molar refractivity (Wildman–Crippen MR) is 121 cm³/mol. The first-order valence-electron chi connectivity index (χ1n) is 12.2. The van der Waals surface area contributed by atoms with Crippen molar-refractivity contribution in [3.8, 4) is 0 Å². The van der Waals surface area contributed by atoms with Crippen LogP contribution in [0.5, 0.6) is 0 Å². The third-order valence-electron chi connectivity index (χ3n) is 10.3. The average molecular weight is 405 g/mol. The molecule has 7 atom stereocenters. The van der Waals surface area contributed by atoms with E-state index in [0.29, 0.717) is 22.6 Å².